The van der Waals surface area contributed by atoms with E-state index in [0.29, 0.717) is 41.4 Å². The third kappa shape index (κ3) is 6.91. The summed E-state index contributed by atoms with van der Waals surface area (Å²) in [6, 6.07) is 24.2. The molecule has 1 amide bonds. The number of amides is 1. The summed E-state index contributed by atoms with van der Waals surface area (Å²) in [7, 11) is 1.60. The van der Waals surface area contributed by atoms with Gasteiger partial charge in [0.05, 0.1) is 13.2 Å². The summed E-state index contributed by atoms with van der Waals surface area (Å²) in [6.07, 6.45) is 0.395. The third-order valence-electron chi connectivity index (χ3n) is 6.03. The Morgan fingerprint density at radius 1 is 0.921 bits per heavy atom. The van der Waals surface area contributed by atoms with Crippen LogP contribution >= 0.6 is 0 Å². The van der Waals surface area contributed by atoms with Crippen molar-refractivity contribution in [1.82, 2.24) is 15.0 Å². The SMILES string of the molecule is CCN(C(=O)Oc1ccc(OC)cc1)[C@@H](CC(C)C)c1ccc(OCc2noc(-c3ccccc3)n2)cc1. The van der Waals surface area contributed by atoms with E-state index in [0.717, 1.165) is 17.5 Å². The molecule has 4 rings (SSSR count). The van der Waals surface area contributed by atoms with Crippen LogP contribution in [0.25, 0.3) is 11.5 Å². The zero-order chi connectivity index (χ0) is 26.9. The Morgan fingerprint density at radius 3 is 2.21 bits per heavy atom. The molecular weight excluding hydrogens is 482 g/mol. The standard InChI is InChI=1S/C30H33N3O5/c1-5-33(30(34)37-26-17-15-24(35-4)16-18-26)27(19-21(2)3)22-11-13-25(14-12-22)36-20-28-31-29(38-32-28)23-9-7-6-8-10-23/h6-18,21,27H,5,19-20H2,1-4H3/t27-/m0/s1. The van der Waals surface area contributed by atoms with Crippen LogP contribution in [-0.4, -0.2) is 34.8 Å². The van der Waals surface area contributed by atoms with E-state index in [1.54, 1.807) is 36.3 Å². The molecule has 3 aromatic carbocycles. The summed E-state index contributed by atoms with van der Waals surface area (Å²) in [6.45, 7) is 6.92. The van der Waals surface area contributed by atoms with Crippen LogP contribution in [0.2, 0.25) is 0 Å². The van der Waals surface area contributed by atoms with Crippen molar-refractivity contribution in [3.63, 3.8) is 0 Å². The Labute approximate surface area is 223 Å². The molecule has 1 atom stereocenters. The fourth-order valence-electron chi connectivity index (χ4n) is 4.11. The zero-order valence-electron chi connectivity index (χ0n) is 22.2. The van der Waals surface area contributed by atoms with Crippen molar-refractivity contribution >= 4 is 6.09 Å². The first-order valence-corrected chi connectivity index (χ1v) is 12.7. The number of hydrogen-bond donors (Lipinski definition) is 0. The van der Waals surface area contributed by atoms with E-state index < -0.39 is 6.09 Å². The molecule has 0 spiro atoms. The van der Waals surface area contributed by atoms with Gasteiger partial charge in [-0.2, -0.15) is 4.98 Å². The molecule has 0 N–H and O–H groups in total. The number of rotatable bonds is 11. The van der Waals surface area contributed by atoms with Crippen LogP contribution in [0.1, 0.15) is 44.6 Å². The van der Waals surface area contributed by atoms with Crippen LogP contribution in [0.3, 0.4) is 0 Å². The summed E-state index contributed by atoms with van der Waals surface area (Å²) >= 11 is 0. The molecule has 8 nitrogen and oxygen atoms in total. The average molecular weight is 516 g/mol. The van der Waals surface area contributed by atoms with Crippen molar-refractivity contribution in [3.05, 3.63) is 90.3 Å². The summed E-state index contributed by atoms with van der Waals surface area (Å²) in [4.78, 5) is 19.3. The number of hydrogen-bond acceptors (Lipinski definition) is 7. The maximum absolute atomic E-state index is 13.2. The Hall–Kier alpha value is -4.33. The van der Waals surface area contributed by atoms with E-state index in [9.17, 15) is 4.79 Å². The molecule has 1 aromatic heterocycles. The van der Waals surface area contributed by atoms with E-state index in [4.69, 9.17) is 18.7 Å². The topological polar surface area (TPSA) is 86.9 Å². The zero-order valence-corrected chi connectivity index (χ0v) is 22.2. The van der Waals surface area contributed by atoms with Crippen LogP contribution in [0.5, 0.6) is 17.2 Å². The molecule has 38 heavy (non-hydrogen) atoms. The second-order valence-electron chi connectivity index (χ2n) is 9.21. The first-order valence-electron chi connectivity index (χ1n) is 12.7. The van der Waals surface area contributed by atoms with Crippen LogP contribution in [0.4, 0.5) is 4.79 Å². The quantitative estimate of drug-likeness (QED) is 0.214. The molecule has 198 valence electrons. The summed E-state index contributed by atoms with van der Waals surface area (Å²) in [5.74, 6) is 3.13. The Balaban J connectivity index is 1.42. The van der Waals surface area contributed by atoms with Gasteiger partial charge < -0.3 is 23.6 Å². The minimum atomic E-state index is -0.394. The number of methoxy groups -OCH3 is 1. The van der Waals surface area contributed by atoms with Crippen molar-refractivity contribution in [2.45, 2.75) is 39.8 Å². The van der Waals surface area contributed by atoms with Gasteiger partial charge >= 0.3 is 6.09 Å². The van der Waals surface area contributed by atoms with Crippen molar-refractivity contribution in [3.8, 4) is 28.7 Å². The fourth-order valence-corrected chi connectivity index (χ4v) is 4.11. The molecule has 0 saturated carbocycles. The smallest absolute Gasteiger partial charge is 0.415 e. The van der Waals surface area contributed by atoms with Crippen molar-refractivity contribution in [1.29, 1.82) is 0 Å². The minimum Gasteiger partial charge on any atom is -0.497 e. The van der Waals surface area contributed by atoms with E-state index >= 15 is 0 Å². The number of aromatic nitrogens is 2. The van der Waals surface area contributed by atoms with E-state index in [1.165, 1.54) is 0 Å². The van der Waals surface area contributed by atoms with Gasteiger partial charge in [0.15, 0.2) is 6.61 Å². The number of carbonyl (C=O) groups excluding carboxylic acids is 1. The Bertz CT molecular complexity index is 1290. The highest BCUT2D eigenvalue weighted by molar-refractivity contribution is 5.71. The molecule has 1 heterocycles. The monoisotopic (exact) mass is 515 g/mol. The van der Waals surface area contributed by atoms with Gasteiger partial charge in [-0.25, -0.2) is 4.79 Å². The average Bonchev–Trinajstić information content (AvgIpc) is 3.42. The lowest BCUT2D eigenvalue weighted by molar-refractivity contribution is 0.127. The van der Waals surface area contributed by atoms with Crippen LogP contribution in [-0.2, 0) is 6.61 Å². The number of ether oxygens (including phenoxy) is 3. The van der Waals surface area contributed by atoms with Gasteiger partial charge in [0.2, 0.25) is 5.82 Å². The van der Waals surface area contributed by atoms with E-state index in [-0.39, 0.29) is 12.6 Å². The molecule has 0 aliphatic rings. The second-order valence-corrected chi connectivity index (χ2v) is 9.21. The highest BCUT2D eigenvalue weighted by Crippen LogP contribution is 2.30. The van der Waals surface area contributed by atoms with Gasteiger partial charge in [-0.1, -0.05) is 49.3 Å². The molecule has 0 bridgehead atoms. The maximum atomic E-state index is 13.2. The molecule has 4 aromatic rings. The Morgan fingerprint density at radius 2 is 1.58 bits per heavy atom. The van der Waals surface area contributed by atoms with Gasteiger partial charge in [-0.05, 0) is 73.4 Å². The van der Waals surface area contributed by atoms with Gasteiger partial charge in [-0.3, -0.25) is 0 Å². The highest BCUT2D eigenvalue weighted by atomic mass is 16.6. The predicted octanol–water partition coefficient (Wildman–Crippen LogP) is 6.93. The highest BCUT2D eigenvalue weighted by Gasteiger charge is 2.26. The number of carbonyl (C=O) groups is 1. The molecular formula is C30H33N3O5. The van der Waals surface area contributed by atoms with Gasteiger partial charge in [0.25, 0.3) is 5.89 Å². The molecule has 0 aliphatic heterocycles. The molecule has 0 aliphatic carbocycles. The first-order chi connectivity index (χ1) is 18.5. The lowest BCUT2D eigenvalue weighted by Gasteiger charge is -2.31. The number of nitrogens with zero attached hydrogens (tertiary/aromatic N) is 3. The van der Waals surface area contributed by atoms with Crippen molar-refractivity contribution in [2.24, 2.45) is 5.92 Å². The molecule has 0 saturated heterocycles. The normalized spacial score (nSPS) is 11.7. The van der Waals surface area contributed by atoms with Gasteiger partial charge in [-0.15, -0.1) is 0 Å². The lowest BCUT2D eigenvalue weighted by atomic mass is 9.95. The Kier molecular flexibility index (Phi) is 8.98. The van der Waals surface area contributed by atoms with Crippen molar-refractivity contribution < 1.29 is 23.5 Å². The van der Waals surface area contributed by atoms with Crippen LogP contribution in [0.15, 0.2) is 83.4 Å². The number of benzene rings is 3. The minimum absolute atomic E-state index is 0.148. The summed E-state index contributed by atoms with van der Waals surface area (Å²) in [5.41, 5.74) is 1.86. The molecule has 0 radical (unpaired) electrons. The van der Waals surface area contributed by atoms with Crippen LogP contribution in [0, 0.1) is 5.92 Å². The molecule has 8 heteroatoms. The lowest BCUT2D eigenvalue weighted by Crippen LogP contribution is -2.37. The van der Waals surface area contributed by atoms with Gasteiger partial charge in [0.1, 0.15) is 17.2 Å². The van der Waals surface area contributed by atoms with Crippen molar-refractivity contribution in [2.75, 3.05) is 13.7 Å². The second kappa shape index (κ2) is 12.8. The third-order valence-corrected chi connectivity index (χ3v) is 6.03. The largest absolute Gasteiger partial charge is 0.497 e. The molecule has 0 fully saturated rings. The molecule has 0 unspecified atom stereocenters. The maximum Gasteiger partial charge on any atom is 0.415 e. The van der Waals surface area contributed by atoms with Gasteiger partial charge in [0, 0.05) is 12.1 Å². The summed E-state index contributed by atoms with van der Waals surface area (Å²) in [5, 5.41) is 4.01. The predicted molar refractivity (Wildman–Crippen MR) is 144 cm³/mol. The van der Waals surface area contributed by atoms with Crippen LogP contribution < -0.4 is 14.2 Å². The first kappa shape index (κ1) is 26.7. The fraction of sp³-hybridized carbons (Fsp3) is 0.300. The van der Waals surface area contributed by atoms with E-state index in [2.05, 4.69) is 24.0 Å². The van der Waals surface area contributed by atoms with E-state index in [1.807, 2.05) is 61.5 Å². The summed E-state index contributed by atoms with van der Waals surface area (Å²) < 4.78 is 22.1.